The van der Waals surface area contributed by atoms with Crippen LogP contribution in [0.15, 0.2) is 29.2 Å². The first-order chi connectivity index (χ1) is 8.54. The molecule has 0 radical (unpaired) electrons. The molecule has 0 aliphatic heterocycles. The third kappa shape index (κ3) is 4.70. The highest BCUT2D eigenvalue weighted by molar-refractivity contribution is 9.10. The molecule has 0 heterocycles. The average molecular weight is 331 g/mol. The van der Waals surface area contributed by atoms with Gasteiger partial charge in [0.2, 0.25) is 11.8 Å². The van der Waals surface area contributed by atoms with Crippen LogP contribution in [0.3, 0.4) is 0 Å². The molecule has 0 spiro atoms. The number of hydrogen-bond acceptors (Lipinski definition) is 3. The fraction of sp³-hybridized carbons (Fsp3) is 0.333. The number of carbonyl (C=O) groups is 2. The number of carbonyl (C=O) groups excluding carboxylic acids is 2. The molecule has 1 atom stereocenters. The Hall–Kier alpha value is -1.01. The van der Waals surface area contributed by atoms with Gasteiger partial charge in [-0.15, -0.1) is 11.8 Å². The molecule has 1 unspecified atom stereocenters. The number of amides is 2. The fourth-order valence-electron chi connectivity index (χ4n) is 1.24. The molecule has 0 aliphatic rings. The van der Waals surface area contributed by atoms with Crippen LogP contribution in [-0.4, -0.2) is 22.4 Å². The summed E-state index contributed by atoms with van der Waals surface area (Å²) in [5.74, 6) is -0.282. The largest absolute Gasteiger partial charge is 0.369 e. The van der Waals surface area contributed by atoms with E-state index in [0.29, 0.717) is 12.1 Å². The van der Waals surface area contributed by atoms with E-state index < -0.39 is 0 Å². The Morgan fingerprint density at radius 2 is 2.11 bits per heavy atom. The minimum Gasteiger partial charge on any atom is -0.369 e. The van der Waals surface area contributed by atoms with Crippen molar-refractivity contribution in [1.82, 2.24) is 0 Å². The smallest absolute Gasteiger partial charge is 0.238 e. The third-order valence-corrected chi connectivity index (χ3v) is 4.32. The number of nitrogens with one attached hydrogen (secondary N) is 1. The molecule has 98 valence electrons. The summed E-state index contributed by atoms with van der Waals surface area (Å²) in [7, 11) is 0. The molecular formula is C12H15BrN2O2S. The van der Waals surface area contributed by atoms with Crippen LogP contribution < -0.4 is 11.1 Å². The SMILES string of the molecule is CCC(Br)C(=O)Nc1ccccc1SCC(N)=O. The van der Waals surface area contributed by atoms with Crippen LogP contribution in [0, 0.1) is 0 Å². The van der Waals surface area contributed by atoms with E-state index in [0.717, 1.165) is 4.90 Å². The molecule has 1 aromatic carbocycles. The van der Waals surface area contributed by atoms with Gasteiger partial charge in [0, 0.05) is 4.90 Å². The Balaban J connectivity index is 2.75. The van der Waals surface area contributed by atoms with Gasteiger partial charge >= 0.3 is 0 Å². The summed E-state index contributed by atoms with van der Waals surface area (Å²) in [6.07, 6.45) is 0.711. The van der Waals surface area contributed by atoms with Gasteiger partial charge in [-0.1, -0.05) is 35.0 Å². The lowest BCUT2D eigenvalue weighted by Gasteiger charge is -2.12. The molecule has 2 amide bonds. The summed E-state index contributed by atoms with van der Waals surface area (Å²) in [5, 5.41) is 2.83. The van der Waals surface area contributed by atoms with E-state index in [1.807, 2.05) is 25.1 Å². The van der Waals surface area contributed by atoms with E-state index in [4.69, 9.17) is 5.73 Å². The van der Waals surface area contributed by atoms with Gasteiger partial charge in [-0.3, -0.25) is 9.59 Å². The monoisotopic (exact) mass is 330 g/mol. The van der Waals surface area contributed by atoms with Crippen molar-refractivity contribution in [2.24, 2.45) is 5.73 Å². The van der Waals surface area contributed by atoms with Crippen molar-refractivity contribution in [3.8, 4) is 0 Å². The minimum atomic E-state index is -0.381. The van der Waals surface area contributed by atoms with Gasteiger partial charge in [-0.2, -0.15) is 0 Å². The molecule has 0 saturated carbocycles. The number of hydrogen-bond donors (Lipinski definition) is 2. The van der Waals surface area contributed by atoms with E-state index in [9.17, 15) is 9.59 Å². The molecule has 6 heteroatoms. The first-order valence-electron chi connectivity index (χ1n) is 5.49. The second kappa shape index (κ2) is 7.43. The lowest BCUT2D eigenvalue weighted by molar-refractivity contribution is -0.116. The second-order valence-electron chi connectivity index (χ2n) is 3.62. The minimum absolute atomic E-state index is 0.0929. The van der Waals surface area contributed by atoms with Crippen molar-refractivity contribution in [1.29, 1.82) is 0 Å². The number of alkyl halides is 1. The Kier molecular flexibility index (Phi) is 6.21. The lowest BCUT2D eigenvalue weighted by Crippen LogP contribution is -2.22. The Bertz CT molecular complexity index is 440. The van der Waals surface area contributed by atoms with Gasteiger partial charge in [0.05, 0.1) is 16.3 Å². The third-order valence-electron chi connectivity index (χ3n) is 2.16. The molecule has 4 nitrogen and oxygen atoms in total. The van der Waals surface area contributed by atoms with Crippen molar-refractivity contribution >= 4 is 45.2 Å². The number of primary amides is 1. The van der Waals surface area contributed by atoms with Crippen molar-refractivity contribution < 1.29 is 9.59 Å². The van der Waals surface area contributed by atoms with Gasteiger partial charge in [0.15, 0.2) is 0 Å². The lowest BCUT2D eigenvalue weighted by atomic mass is 10.3. The number of nitrogens with two attached hydrogens (primary N) is 1. The Morgan fingerprint density at radius 1 is 1.44 bits per heavy atom. The number of anilines is 1. The summed E-state index contributed by atoms with van der Waals surface area (Å²) in [5.41, 5.74) is 5.81. The molecule has 3 N–H and O–H groups in total. The van der Waals surface area contributed by atoms with Crippen molar-refractivity contribution in [3.05, 3.63) is 24.3 Å². The number of halogens is 1. The second-order valence-corrected chi connectivity index (χ2v) is 5.74. The van der Waals surface area contributed by atoms with Crippen LogP contribution in [-0.2, 0) is 9.59 Å². The van der Waals surface area contributed by atoms with Crippen LogP contribution >= 0.6 is 27.7 Å². The molecule has 1 rings (SSSR count). The van der Waals surface area contributed by atoms with Crippen molar-refractivity contribution in [2.75, 3.05) is 11.1 Å². The van der Waals surface area contributed by atoms with E-state index in [1.165, 1.54) is 11.8 Å². The Labute approximate surface area is 119 Å². The molecule has 0 saturated heterocycles. The first-order valence-corrected chi connectivity index (χ1v) is 7.39. The van der Waals surface area contributed by atoms with Crippen LogP contribution in [0.25, 0.3) is 0 Å². The maximum atomic E-state index is 11.8. The zero-order valence-corrected chi connectivity index (χ0v) is 12.4. The molecule has 18 heavy (non-hydrogen) atoms. The maximum Gasteiger partial charge on any atom is 0.238 e. The normalized spacial score (nSPS) is 11.9. The van der Waals surface area contributed by atoms with Gasteiger partial charge in [0.1, 0.15) is 0 Å². The van der Waals surface area contributed by atoms with Crippen LogP contribution in [0.4, 0.5) is 5.69 Å². The molecule has 0 aromatic heterocycles. The zero-order chi connectivity index (χ0) is 13.5. The number of benzene rings is 1. The highest BCUT2D eigenvalue weighted by Gasteiger charge is 2.14. The standard InChI is InChI=1S/C12H15BrN2O2S/c1-2-8(13)12(17)15-9-5-3-4-6-10(9)18-7-11(14)16/h3-6,8H,2,7H2,1H3,(H2,14,16)(H,15,17). The molecule has 1 aromatic rings. The van der Waals surface area contributed by atoms with Crippen LogP contribution in [0.1, 0.15) is 13.3 Å². The van der Waals surface area contributed by atoms with E-state index in [-0.39, 0.29) is 22.4 Å². The molecule has 0 bridgehead atoms. The van der Waals surface area contributed by atoms with E-state index >= 15 is 0 Å². The summed E-state index contributed by atoms with van der Waals surface area (Å²) in [6, 6.07) is 7.33. The predicted molar refractivity (Wildman–Crippen MR) is 78.0 cm³/mol. The summed E-state index contributed by atoms with van der Waals surface area (Å²) in [6.45, 7) is 1.92. The summed E-state index contributed by atoms with van der Waals surface area (Å²) >= 11 is 4.61. The van der Waals surface area contributed by atoms with Gasteiger partial charge < -0.3 is 11.1 Å². The molecular weight excluding hydrogens is 316 g/mol. The van der Waals surface area contributed by atoms with Gasteiger partial charge in [0.25, 0.3) is 0 Å². The fourth-order valence-corrected chi connectivity index (χ4v) is 2.10. The zero-order valence-electron chi connectivity index (χ0n) is 9.98. The predicted octanol–water partition coefficient (Wildman–Crippen LogP) is 2.38. The molecule has 0 aliphatic carbocycles. The van der Waals surface area contributed by atoms with E-state index in [2.05, 4.69) is 21.2 Å². The number of rotatable bonds is 6. The average Bonchev–Trinajstić information content (AvgIpc) is 2.36. The van der Waals surface area contributed by atoms with Crippen LogP contribution in [0.5, 0.6) is 0 Å². The number of para-hydroxylation sites is 1. The highest BCUT2D eigenvalue weighted by Crippen LogP contribution is 2.27. The first kappa shape index (κ1) is 15.0. The molecule has 0 fully saturated rings. The highest BCUT2D eigenvalue weighted by atomic mass is 79.9. The van der Waals surface area contributed by atoms with Gasteiger partial charge in [-0.05, 0) is 18.6 Å². The summed E-state index contributed by atoms with van der Waals surface area (Å²) < 4.78 is 0. The van der Waals surface area contributed by atoms with E-state index in [1.54, 1.807) is 6.07 Å². The van der Waals surface area contributed by atoms with Crippen molar-refractivity contribution in [3.63, 3.8) is 0 Å². The summed E-state index contributed by atoms with van der Waals surface area (Å²) in [4.78, 5) is 23.2. The number of thioether (sulfide) groups is 1. The Morgan fingerprint density at radius 3 is 2.72 bits per heavy atom. The maximum absolute atomic E-state index is 11.8. The van der Waals surface area contributed by atoms with Gasteiger partial charge in [-0.25, -0.2) is 0 Å². The topological polar surface area (TPSA) is 72.2 Å². The van der Waals surface area contributed by atoms with Crippen LogP contribution in [0.2, 0.25) is 0 Å². The quantitative estimate of drug-likeness (QED) is 0.621. The van der Waals surface area contributed by atoms with Crippen molar-refractivity contribution in [2.45, 2.75) is 23.1 Å².